The fourth-order valence-electron chi connectivity index (χ4n) is 4.05. The molecule has 5 rings (SSSR count). The number of fused-ring (bicyclic) bond motifs is 3. The molecule has 0 saturated carbocycles. The molecule has 3 aromatic carbocycles. The Morgan fingerprint density at radius 1 is 0.903 bits per heavy atom. The Bertz CT molecular complexity index is 1370. The van der Waals surface area contributed by atoms with Crippen LogP contribution in [0.3, 0.4) is 0 Å². The maximum atomic E-state index is 12.8. The molecule has 0 atom stereocenters. The Balaban J connectivity index is 1.30. The molecule has 0 fully saturated rings. The van der Waals surface area contributed by atoms with Crippen LogP contribution in [0.4, 0.5) is 0 Å². The highest BCUT2D eigenvalue weighted by Crippen LogP contribution is 2.19. The van der Waals surface area contributed by atoms with E-state index in [1.807, 2.05) is 77.4 Å². The second-order valence-electron chi connectivity index (χ2n) is 7.60. The maximum Gasteiger partial charge on any atom is 0.239 e. The monoisotopic (exact) mass is 410 g/mol. The number of para-hydroxylation sites is 4. The van der Waals surface area contributed by atoms with Crippen molar-refractivity contribution in [3.8, 4) is 0 Å². The molecule has 0 aliphatic rings. The number of carbonyl (C=O) groups is 1. The molecule has 0 aliphatic carbocycles. The SMILES string of the molecule is O=C(Cn1c2ccccc2c(=O)c2ccccc21)NCCCc1nc2ccccc2[nH]1. The zero-order valence-electron chi connectivity index (χ0n) is 17.0. The lowest BCUT2D eigenvalue weighted by atomic mass is 10.1. The van der Waals surface area contributed by atoms with Crippen LogP contribution >= 0.6 is 0 Å². The molecule has 31 heavy (non-hydrogen) atoms. The van der Waals surface area contributed by atoms with Gasteiger partial charge in [-0.1, -0.05) is 36.4 Å². The number of benzene rings is 3. The van der Waals surface area contributed by atoms with Gasteiger partial charge in [0, 0.05) is 23.7 Å². The van der Waals surface area contributed by atoms with Gasteiger partial charge in [0.1, 0.15) is 12.4 Å². The third-order valence-corrected chi connectivity index (χ3v) is 5.53. The molecule has 0 radical (unpaired) electrons. The number of carbonyl (C=O) groups excluding carboxylic acids is 1. The quantitative estimate of drug-likeness (QED) is 0.330. The molecular formula is C25H22N4O2. The van der Waals surface area contributed by atoms with E-state index >= 15 is 0 Å². The van der Waals surface area contributed by atoms with Crippen LogP contribution in [0.15, 0.2) is 77.6 Å². The van der Waals surface area contributed by atoms with E-state index < -0.39 is 0 Å². The van der Waals surface area contributed by atoms with Gasteiger partial charge in [0.05, 0.1) is 22.1 Å². The molecule has 6 nitrogen and oxygen atoms in total. The first-order valence-electron chi connectivity index (χ1n) is 10.4. The predicted octanol–water partition coefficient (Wildman–Crippen LogP) is 3.78. The Kier molecular flexibility index (Phi) is 4.96. The number of hydrogen-bond acceptors (Lipinski definition) is 3. The summed E-state index contributed by atoms with van der Waals surface area (Å²) < 4.78 is 1.92. The number of imidazole rings is 1. The highest BCUT2D eigenvalue weighted by atomic mass is 16.2. The van der Waals surface area contributed by atoms with Crippen LogP contribution in [0.2, 0.25) is 0 Å². The van der Waals surface area contributed by atoms with Gasteiger partial charge in [0.15, 0.2) is 5.43 Å². The van der Waals surface area contributed by atoms with Gasteiger partial charge < -0.3 is 14.9 Å². The number of rotatable bonds is 6. The molecule has 0 unspecified atom stereocenters. The van der Waals surface area contributed by atoms with Crippen LogP contribution in [-0.4, -0.2) is 27.0 Å². The number of pyridine rings is 1. The molecule has 2 N–H and O–H groups in total. The molecule has 154 valence electrons. The molecule has 1 amide bonds. The van der Waals surface area contributed by atoms with E-state index in [4.69, 9.17) is 0 Å². The van der Waals surface area contributed by atoms with Crippen molar-refractivity contribution in [1.29, 1.82) is 0 Å². The number of nitrogens with zero attached hydrogens (tertiary/aromatic N) is 2. The number of nitrogens with one attached hydrogen (secondary N) is 2. The Morgan fingerprint density at radius 2 is 1.55 bits per heavy atom. The van der Waals surface area contributed by atoms with Crippen molar-refractivity contribution in [2.45, 2.75) is 19.4 Å². The van der Waals surface area contributed by atoms with Crippen LogP contribution in [0, 0.1) is 0 Å². The van der Waals surface area contributed by atoms with E-state index in [-0.39, 0.29) is 17.9 Å². The molecule has 0 aliphatic heterocycles. The number of aromatic nitrogens is 3. The fourth-order valence-corrected chi connectivity index (χ4v) is 4.05. The fraction of sp³-hybridized carbons (Fsp3) is 0.160. The number of amides is 1. The average molecular weight is 410 g/mol. The van der Waals surface area contributed by atoms with Crippen LogP contribution in [0.1, 0.15) is 12.2 Å². The molecule has 0 bridgehead atoms. The van der Waals surface area contributed by atoms with E-state index in [1.165, 1.54) is 0 Å². The largest absolute Gasteiger partial charge is 0.355 e. The highest BCUT2D eigenvalue weighted by molar-refractivity contribution is 5.94. The summed E-state index contributed by atoms with van der Waals surface area (Å²) in [6.07, 6.45) is 1.55. The Labute approximate surface area is 178 Å². The van der Waals surface area contributed by atoms with Crippen molar-refractivity contribution >= 4 is 38.7 Å². The standard InChI is InChI=1S/C25H22N4O2/c30-24(26-15-7-14-23-27-19-10-3-4-11-20(19)28-23)16-29-21-12-5-1-8-17(21)25(31)18-9-2-6-13-22(18)29/h1-6,8-13H,7,14-16H2,(H,26,30)(H,27,28). The summed E-state index contributed by atoms with van der Waals surface area (Å²) in [4.78, 5) is 33.4. The summed E-state index contributed by atoms with van der Waals surface area (Å²) in [5.41, 5.74) is 3.51. The lowest BCUT2D eigenvalue weighted by molar-refractivity contribution is -0.121. The van der Waals surface area contributed by atoms with Gasteiger partial charge in [0.2, 0.25) is 5.91 Å². The lowest BCUT2D eigenvalue weighted by Gasteiger charge is -2.15. The second-order valence-corrected chi connectivity index (χ2v) is 7.60. The molecule has 0 spiro atoms. The zero-order valence-corrected chi connectivity index (χ0v) is 17.0. The van der Waals surface area contributed by atoms with Gasteiger partial charge in [-0.25, -0.2) is 4.98 Å². The van der Waals surface area contributed by atoms with Crippen molar-refractivity contribution < 1.29 is 4.79 Å². The third-order valence-electron chi connectivity index (χ3n) is 5.53. The van der Waals surface area contributed by atoms with E-state index in [0.29, 0.717) is 17.3 Å². The third kappa shape index (κ3) is 3.68. The van der Waals surface area contributed by atoms with Gasteiger partial charge in [-0.3, -0.25) is 9.59 Å². The second kappa shape index (κ2) is 8.07. The number of aryl methyl sites for hydroxylation is 1. The number of aromatic amines is 1. The van der Waals surface area contributed by atoms with Gasteiger partial charge in [-0.05, 0) is 42.8 Å². The summed E-state index contributed by atoms with van der Waals surface area (Å²) in [6.45, 7) is 0.720. The summed E-state index contributed by atoms with van der Waals surface area (Å²) in [5, 5.41) is 4.25. The van der Waals surface area contributed by atoms with E-state index in [2.05, 4.69) is 15.3 Å². The summed E-state index contributed by atoms with van der Waals surface area (Å²) in [7, 11) is 0. The Morgan fingerprint density at radius 3 is 2.26 bits per heavy atom. The minimum atomic E-state index is -0.0800. The first-order valence-corrected chi connectivity index (χ1v) is 10.4. The van der Waals surface area contributed by atoms with Crippen molar-refractivity contribution in [3.05, 3.63) is 88.8 Å². The van der Waals surface area contributed by atoms with E-state index in [9.17, 15) is 9.59 Å². The van der Waals surface area contributed by atoms with Crippen molar-refractivity contribution in [1.82, 2.24) is 19.9 Å². The van der Waals surface area contributed by atoms with E-state index in [1.54, 1.807) is 0 Å². The average Bonchev–Trinajstić information content (AvgIpc) is 3.22. The zero-order chi connectivity index (χ0) is 21.2. The normalized spacial score (nSPS) is 11.4. The summed E-state index contributed by atoms with van der Waals surface area (Å²) >= 11 is 0. The topological polar surface area (TPSA) is 79.8 Å². The molecule has 2 aromatic heterocycles. The minimum absolute atomic E-state index is 0.00584. The first-order chi connectivity index (χ1) is 15.2. The molecule has 5 aromatic rings. The van der Waals surface area contributed by atoms with Gasteiger partial charge >= 0.3 is 0 Å². The lowest BCUT2D eigenvalue weighted by Crippen LogP contribution is -2.29. The van der Waals surface area contributed by atoms with Gasteiger partial charge in [-0.15, -0.1) is 0 Å². The van der Waals surface area contributed by atoms with Crippen LogP contribution < -0.4 is 10.7 Å². The van der Waals surface area contributed by atoms with Crippen LogP contribution in [-0.2, 0) is 17.8 Å². The Hall–Kier alpha value is -3.93. The van der Waals surface area contributed by atoms with Crippen LogP contribution in [0.25, 0.3) is 32.8 Å². The first kappa shape index (κ1) is 19.1. The van der Waals surface area contributed by atoms with Gasteiger partial charge in [0.25, 0.3) is 0 Å². The van der Waals surface area contributed by atoms with Crippen molar-refractivity contribution in [2.24, 2.45) is 0 Å². The van der Waals surface area contributed by atoms with E-state index in [0.717, 1.165) is 40.7 Å². The predicted molar refractivity (Wildman–Crippen MR) is 123 cm³/mol. The van der Waals surface area contributed by atoms with Crippen LogP contribution in [0.5, 0.6) is 0 Å². The highest BCUT2D eigenvalue weighted by Gasteiger charge is 2.12. The number of hydrogen-bond donors (Lipinski definition) is 2. The molecule has 2 heterocycles. The summed E-state index contributed by atoms with van der Waals surface area (Å²) in [6, 6.07) is 22.8. The molecule has 6 heteroatoms. The number of H-pyrrole nitrogens is 1. The molecular weight excluding hydrogens is 388 g/mol. The van der Waals surface area contributed by atoms with Gasteiger partial charge in [-0.2, -0.15) is 0 Å². The smallest absolute Gasteiger partial charge is 0.239 e. The van der Waals surface area contributed by atoms with Crippen molar-refractivity contribution in [2.75, 3.05) is 6.54 Å². The molecule has 0 saturated heterocycles. The maximum absolute atomic E-state index is 12.8. The van der Waals surface area contributed by atoms with Crippen molar-refractivity contribution in [3.63, 3.8) is 0 Å². The summed E-state index contributed by atoms with van der Waals surface area (Å²) in [5.74, 6) is 0.844. The minimum Gasteiger partial charge on any atom is -0.355 e.